The highest BCUT2D eigenvalue weighted by atomic mass is 19.2. The number of urea groups is 1. The molecule has 2 saturated heterocycles. The number of hydrogen-bond acceptors (Lipinski definition) is 5. The molecule has 1 atom stereocenters. The van der Waals surface area contributed by atoms with Gasteiger partial charge in [-0.2, -0.15) is 0 Å². The Kier molecular flexibility index (Phi) is 7.29. The first-order chi connectivity index (χ1) is 19.0. The van der Waals surface area contributed by atoms with Gasteiger partial charge in [-0.3, -0.25) is 9.88 Å². The SMILES string of the molecule is O=C(NC(c1ccc(CN2CCC3(CC2)OCc2ccncc23)cc1)c1ccc(F)c(F)c1)N1CCOCC1. The van der Waals surface area contributed by atoms with Crippen LogP contribution in [0.15, 0.2) is 60.9 Å². The number of amides is 2. The molecular formula is C30H32F2N4O3. The van der Waals surface area contributed by atoms with E-state index in [4.69, 9.17) is 9.47 Å². The van der Waals surface area contributed by atoms with Crippen molar-refractivity contribution in [3.63, 3.8) is 0 Å². The number of piperidine rings is 1. The summed E-state index contributed by atoms with van der Waals surface area (Å²) >= 11 is 0. The first kappa shape index (κ1) is 25.9. The van der Waals surface area contributed by atoms with Crippen molar-refractivity contribution in [1.82, 2.24) is 20.1 Å². The van der Waals surface area contributed by atoms with Gasteiger partial charge in [0.2, 0.25) is 0 Å². The smallest absolute Gasteiger partial charge is 0.318 e. The number of hydrogen-bond donors (Lipinski definition) is 1. The lowest BCUT2D eigenvalue weighted by Crippen LogP contribution is -2.47. The molecule has 4 heterocycles. The fourth-order valence-electron chi connectivity index (χ4n) is 5.85. The van der Waals surface area contributed by atoms with Crippen LogP contribution in [0.4, 0.5) is 13.6 Å². The number of nitrogens with one attached hydrogen (secondary N) is 1. The van der Waals surface area contributed by atoms with Gasteiger partial charge in [0.25, 0.3) is 0 Å². The molecule has 1 aromatic heterocycles. The highest BCUT2D eigenvalue weighted by molar-refractivity contribution is 5.75. The second-order valence-corrected chi connectivity index (χ2v) is 10.5. The second kappa shape index (κ2) is 11.0. The van der Waals surface area contributed by atoms with Gasteiger partial charge in [0.15, 0.2) is 11.6 Å². The summed E-state index contributed by atoms with van der Waals surface area (Å²) in [5.74, 6) is -1.86. The number of carbonyl (C=O) groups is 1. The lowest BCUT2D eigenvalue weighted by molar-refractivity contribution is -0.0800. The molecule has 2 fully saturated rings. The van der Waals surface area contributed by atoms with Gasteiger partial charge >= 0.3 is 6.03 Å². The average Bonchev–Trinajstić information content (AvgIpc) is 3.33. The van der Waals surface area contributed by atoms with Gasteiger partial charge in [0, 0.05) is 50.7 Å². The normalized spacial score (nSPS) is 19.6. The molecular weight excluding hydrogens is 502 g/mol. The number of likely N-dealkylation sites (tertiary alicyclic amines) is 1. The van der Waals surface area contributed by atoms with Crippen molar-refractivity contribution in [1.29, 1.82) is 0 Å². The van der Waals surface area contributed by atoms with Crippen molar-refractivity contribution in [2.45, 2.75) is 37.6 Å². The van der Waals surface area contributed by atoms with Gasteiger partial charge in [-0.1, -0.05) is 30.3 Å². The highest BCUT2D eigenvalue weighted by Gasteiger charge is 2.42. The maximum atomic E-state index is 14.1. The molecule has 3 aromatic rings. The van der Waals surface area contributed by atoms with Crippen molar-refractivity contribution in [3.8, 4) is 0 Å². The molecule has 0 bridgehead atoms. The minimum absolute atomic E-state index is 0.222. The molecule has 2 amide bonds. The number of halogens is 2. The summed E-state index contributed by atoms with van der Waals surface area (Å²) in [5.41, 5.74) is 4.68. The zero-order valence-corrected chi connectivity index (χ0v) is 21.7. The zero-order valence-electron chi connectivity index (χ0n) is 21.7. The maximum absolute atomic E-state index is 14.1. The van der Waals surface area contributed by atoms with E-state index in [2.05, 4.69) is 21.3 Å². The monoisotopic (exact) mass is 534 g/mol. The van der Waals surface area contributed by atoms with E-state index in [1.54, 1.807) is 4.90 Å². The van der Waals surface area contributed by atoms with Crippen LogP contribution >= 0.6 is 0 Å². The van der Waals surface area contributed by atoms with E-state index in [1.165, 1.54) is 17.2 Å². The summed E-state index contributed by atoms with van der Waals surface area (Å²) in [6.45, 7) is 5.22. The summed E-state index contributed by atoms with van der Waals surface area (Å²) in [5, 5.41) is 3.02. The number of nitrogens with zero attached hydrogens (tertiary/aromatic N) is 3. The largest absolute Gasteiger partial charge is 0.378 e. The zero-order chi connectivity index (χ0) is 26.8. The Hall–Kier alpha value is -3.40. The van der Waals surface area contributed by atoms with Crippen LogP contribution in [0, 0.1) is 11.6 Å². The Morgan fingerprint density at radius 3 is 2.46 bits per heavy atom. The van der Waals surface area contributed by atoms with E-state index in [1.807, 2.05) is 36.7 Å². The molecule has 1 spiro atoms. The summed E-state index contributed by atoms with van der Waals surface area (Å²) in [4.78, 5) is 21.4. The number of carbonyl (C=O) groups excluding carboxylic acids is 1. The summed E-state index contributed by atoms with van der Waals surface area (Å²) in [7, 11) is 0. The molecule has 7 nitrogen and oxygen atoms in total. The van der Waals surface area contributed by atoms with Gasteiger partial charge in [-0.05, 0) is 53.3 Å². The quantitative estimate of drug-likeness (QED) is 0.522. The number of fused-ring (bicyclic) bond motifs is 2. The number of rotatable bonds is 5. The van der Waals surface area contributed by atoms with Crippen molar-refractivity contribution in [2.75, 3.05) is 39.4 Å². The number of pyridine rings is 1. The van der Waals surface area contributed by atoms with Crippen LogP contribution in [-0.2, 0) is 28.2 Å². The predicted molar refractivity (Wildman–Crippen MR) is 141 cm³/mol. The predicted octanol–water partition coefficient (Wildman–Crippen LogP) is 4.51. The minimum atomic E-state index is -0.942. The molecule has 39 heavy (non-hydrogen) atoms. The lowest BCUT2D eigenvalue weighted by atomic mass is 9.84. The second-order valence-electron chi connectivity index (χ2n) is 10.5. The number of aromatic nitrogens is 1. The van der Waals surface area contributed by atoms with Crippen LogP contribution in [0.3, 0.4) is 0 Å². The van der Waals surface area contributed by atoms with Gasteiger partial charge < -0.3 is 19.7 Å². The third kappa shape index (κ3) is 5.39. The summed E-state index contributed by atoms with van der Waals surface area (Å²) in [6, 6.07) is 12.9. The molecule has 6 rings (SSSR count). The number of ether oxygens (including phenoxy) is 2. The molecule has 3 aliphatic rings. The molecule has 204 valence electrons. The van der Waals surface area contributed by atoms with Crippen LogP contribution in [0.1, 0.15) is 46.7 Å². The van der Waals surface area contributed by atoms with Crippen LogP contribution in [0.2, 0.25) is 0 Å². The molecule has 3 aliphatic heterocycles. The van der Waals surface area contributed by atoms with E-state index in [0.717, 1.165) is 55.7 Å². The molecule has 2 aromatic carbocycles. The number of benzene rings is 2. The van der Waals surface area contributed by atoms with E-state index in [-0.39, 0.29) is 11.6 Å². The van der Waals surface area contributed by atoms with Crippen LogP contribution in [-0.4, -0.2) is 60.2 Å². The van der Waals surface area contributed by atoms with Crippen LogP contribution in [0.25, 0.3) is 0 Å². The van der Waals surface area contributed by atoms with Crippen molar-refractivity contribution >= 4 is 6.03 Å². The van der Waals surface area contributed by atoms with Crippen molar-refractivity contribution in [2.24, 2.45) is 0 Å². The first-order valence-electron chi connectivity index (χ1n) is 13.5. The Morgan fingerprint density at radius 1 is 0.974 bits per heavy atom. The van der Waals surface area contributed by atoms with Crippen molar-refractivity contribution < 1.29 is 23.0 Å². The topological polar surface area (TPSA) is 66.9 Å². The molecule has 0 radical (unpaired) electrons. The average molecular weight is 535 g/mol. The minimum Gasteiger partial charge on any atom is -0.378 e. The summed E-state index contributed by atoms with van der Waals surface area (Å²) < 4.78 is 39.4. The lowest BCUT2D eigenvalue weighted by Gasteiger charge is -2.39. The highest BCUT2D eigenvalue weighted by Crippen LogP contribution is 2.43. The fraction of sp³-hybridized carbons (Fsp3) is 0.400. The molecule has 1 unspecified atom stereocenters. The van der Waals surface area contributed by atoms with E-state index >= 15 is 0 Å². The van der Waals surface area contributed by atoms with Gasteiger partial charge in [-0.15, -0.1) is 0 Å². The third-order valence-corrected chi connectivity index (χ3v) is 8.13. The summed E-state index contributed by atoms with van der Waals surface area (Å²) in [6.07, 6.45) is 5.63. The Balaban J connectivity index is 1.14. The Morgan fingerprint density at radius 2 is 1.72 bits per heavy atom. The van der Waals surface area contributed by atoms with Crippen molar-refractivity contribution in [3.05, 3.63) is 100 Å². The maximum Gasteiger partial charge on any atom is 0.318 e. The third-order valence-electron chi connectivity index (χ3n) is 8.13. The first-order valence-corrected chi connectivity index (χ1v) is 13.5. The number of morpholine rings is 1. The molecule has 1 N–H and O–H groups in total. The van der Waals surface area contributed by atoms with E-state index < -0.39 is 17.7 Å². The Bertz CT molecular complexity index is 1320. The van der Waals surface area contributed by atoms with Gasteiger partial charge in [0.05, 0.1) is 31.5 Å². The Labute approximate surface area is 226 Å². The molecule has 0 aliphatic carbocycles. The molecule has 9 heteroatoms. The fourth-order valence-corrected chi connectivity index (χ4v) is 5.85. The van der Waals surface area contributed by atoms with Gasteiger partial charge in [0.1, 0.15) is 0 Å². The van der Waals surface area contributed by atoms with Crippen LogP contribution < -0.4 is 5.32 Å². The van der Waals surface area contributed by atoms with Gasteiger partial charge in [-0.25, -0.2) is 13.6 Å². The molecule has 0 saturated carbocycles. The van der Waals surface area contributed by atoms with E-state index in [9.17, 15) is 13.6 Å². The standard InChI is InChI=1S/C30H32F2N4O3/c31-26-6-5-23(17-27(26)32)28(34-29(37)36-13-15-38-16-14-36)22-3-1-21(2-4-22)19-35-11-8-30(9-12-35)25-18-33-10-7-24(25)20-39-30/h1-7,10,17-18,28H,8-9,11-16,19-20H2,(H,34,37). The van der Waals surface area contributed by atoms with E-state index in [0.29, 0.717) is 38.5 Å². The van der Waals surface area contributed by atoms with Crippen LogP contribution in [0.5, 0.6) is 0 Å².